The first-order chi connectivity index (χ1) is 9.83. The highest BCUT2D eigenvalue weighted by atomic mass is 15.1. The lowest BCUT2D eigenvalue weighted by molar-refractivity contribution is 0.455. The second-order valence-corrected chi connectivity index (χ2v) is 6.63. The van der Waals surface area contributed by atoms with E-state index in [1.54, 1.807) is 6.20 Å². The van der Waals surface area contributed by atoms with Crippen LogP contribution in [0.1, 0.15) is 25.3 Å². The van der Waals surface area contributed by atoms with E-state index >= 15 is 0 Å². The summed E-state index contributed by atoms with van der Waals surface area (Å²) in [6, 6.07) is 4.66. The number of aromatic nitrogens is 3. The van der Waals surface area contributed by atoms with E-state index in [9.17, 15) is 0 Å². The Labute approximate surface area is 118 Å². The lowest BCUT2D eigenvalue weighted by atomic mass is 10.0. The van der Waals surface area contributed by atoms with Crippen LogP contribution < -0.4 is 5.73 Å². The molecule has 0 amide bonds. The summed E-state index contributed by atoms with van der Waals surface area (Å²) in [7, 11) is 0. The number of nitrogens with zero attached hydrogens (tertiary/aromatic N) is 3. The molecule has 3 aliphatic carbocycles. The highest BCUT2D eigenvalue weighted by molar-refractivity contribution is 5.62. The van der Waals surface area contributed by atoms with Crippen LogP contribution in [0.4, 0.5) is 5.82 Å². The molecule has 2 aromatic rings. The van der Waals surface area contributed by atoms with Crippen molar-refractivity contribution in [3.8, 4) is 11.3 Å². The molecule has 20 heavy (non-hydrogen) atoms. The average molecular weight is 266 g/mol. The van der Waals surface area contributed by atoms with E-state index in [0.717, 1.165) is 29.2 Å². The van der Waals surface area contributed by atoms with Crippen molar-refractivity contribution in [3.05, 3.63) is 30.9 Å². The number of nitrogens with two attached hydrogens (primary N) is 1. The van der Waals surface area contributed by atoms with Crippen LogP contribution in [-0.2, 0) is 0 Å². The molecule has 102 valence electrons. The van der Waals surface area contributed by atoms with Crippen LogP contribution in [0.25, 0.3) is 11.3 Å². The van der Waals surface area contributed by atoms with Crippen molar-refractivity contribution in [2.75, 3.05) is 5.73 Å². The quantitative estimate of drug-likeness (QED) is 0.909. The fourth-order valence-electron chi connectivity index (χ4n) is 5.02. The molecule has 4 atom stereocenters. The zero-order valence-electron chi connectivity index (χ0n) is 11.3. The Balaban J connectivity index is 1.54. The molecule has 5 rings (SSSR count). The van der Waals surface area contributed by atoms with Gasteiger partial charge in [-0.3, -0.25) is 0 Å². The van der Waals surface area contributed by atoms with Crippen LogP contribution >= 0.6 is 0 Å². The molecule has 4 unspecified atom stereocenters. The first-order valence-corrected chi connectivity index (χ1v) is 7.56. The highest BCUT2D eigenvalue weighted by Crippen LogP contribution is 2.71. The fraction of sp³-hybridized carbons (Fsp3) is 0.500. The largest absolute Gasteiger partial charge is 0.384 e. The molecule has 3 fully saturated rings. The second-order valence-electron chi connectivity index (χ2n) is 6.63. The summed E-state index contributed by atoms with van der Waals surface area (Å²) in [5.41, 5.74) is 8.14. The van der Waals surface area contributed by atoms with Crippen LogP contribution in [0.5, 0.6) is 0 Å². The molecule has 3 aliphatic rings. The van der Waals surface area contributed by atoms with Crippen molar-refractivity contribution in [2.24, 2.45) is 23.7 Å². The third-order valence-electron chi connectivity index (χ3n) is 5.76. The number of nitrogen functional groups attached to an aromatic ring is 1. The average Bonchev–Trinajstić information content (AvgIpc) is 2.89. The van der Waals surface area contributed by atoms with Gasteiger partial charge < -0.3 is 10.3 Å². The molecule has 4 nitrogen and oxygen atoms in total. The smallest absolute Gasteiger partial charge is 0.123 e. The van der Waals surface area contributed by atoms with Gasteiger partial charge >= 0.3 is 0 Å². The second kappa shape index (κ2) is 3.62. The minimum Gasteiger partial charge on any atom is -0.384 e. The van der Waals surface area contributed by atoms with Crippen molar-refractivity contribution < 1.29 is 0 Å². The Morgan fingerprint density at radius 1 is 1.20 bits per heavy atom. The van der Waals surface area contributed by atoms with Gasteiger partial charge in [0.2, 0.25) is 0 Å². The maximum Gasteiger partial charge on any atom is 0.123 e. The van der Waals surface area contributed by atoms with E-state index in [-0.39, 0.29) is 0 Å². The normalized spacial score (nSPS) is 37.1. The van der Waals surface area contributed by atoms with Crippen molar-refractivity contribution in [1.82, 2.24) is 14.5 Å². The van der Waals surface area contributed by atoms with Gasteiger partial charge in [0.25, 0.3) is 0 Å². The molecule has 0 radical (unpaired) electrons. The Kier molecular flexibility index (Phi) is 1.97. The maximum atomic E-state index is 5.81. The van der Waals surface area contributed by atoms with E-state index in [2.05, 4.69) is 14.5 Å². The summed E-state index contributed by atoms with van der Waals surface area (Å²) >= 11 is 0. The summed E-state index contributed by atoms with van der Waals surface area (Å²) < 4.78 is 2.40. The van der Waals surface area contributed by atoms with Gasteiger partial charge in [0, 0.05) is 17.8 Å². The number of imidazole rings is 1. The zero-order valence-corrected chi connectivity index (χ0v) is 11.3. The summed E-state index contributed by atoms with van der Waals surface area (Å²) in [6.07, 6.45) is 10.1. The molecule has 3 saturated carbocycles. The first kappa shape index (κ1) is 10.9. The molecule has 2 heterocycles. The van der Waals surface area contributed by atoms with Gasteiger partial charge in [-0.05, 0) is 55.1 Å². The van der Waals surface area contributed by atoms with Crippen LogP contribution in [0, 0.1) is 23.7 Å². The van der Waals surface area contributed by atoms with Gasteiger partial charge in [-0.2, -0.15) is 0 Å². The number of hydrogen-bond donors (Lipinski definition) is 1. The van der Waals surface area contributed by atoms with Gasteiger partial charge in [-0.15, -0.1) is 0 Å². The van der Waals surface area contributed by atoms with Gasteiger partial charge in [-0.1, -0.05) is 0 Å². The summed E-state index contributed by atoms with van der Waals surface area (Å²) in [5, 5.41) is 0. The summed E-state index contributed by atoms with van der Waals surface area (Å²) in [6.45, 7) is 0. The number of rotatable bonds is 2. The molecular formula is C16H18N4. The molecular weight excluding hydrogens is 248 g/mol. The van der Waals surface area contributed by atoms with Gasteiger partial charge in [0.05, 0.1) is 18.2 Å². The Bertz CT molecular complexity index is 661. The molecule has 2 bridgehead atoms. The topological polar surface area (TPSA) is 56.7 Å². The Hall–Kier alpha value is -1.84. The molecule has 0 aliphatic heterocycles. The fourth-order valence-corrected chi connectivity index (χ4v) is 5.02. The van der Waals surface area contributed by atoms with Gasteiger partial charge in [-0.25, -0.2) is 9.97 Å². The third-order valence-corrected chi connectivity index (χ3v) is 5.76. The van der Waals surface area contributed by atoms with Crippen molar-refractivity contribution in [2.45, 2.75) is 25.3 Å². The number of fused-ring (bicyclic) bond motifs is 5. The van der Waals surface area contributed by atoms with Crippen molar-refractivity contribution in [3.63, 3.8) is 0 Å². The predicted molar refractivity (Wildman–Crippen MR) is 76.7 cm³/mol. The molecule has 0 spiro atoms. The Morgan fingerprint density at radius 3 is 2.75 bits per heavy atom. The highest BCUT2D eigenvalue weighted by Gasteiger charge is 2.65. The van der Waals surface area contributed by atoms with Gasteiger partial charge in [0.15, 0.2) is 0 Å². The minimum atomic E-state index is 0.575. The van der Waals surface area contributed by atoms with Crippen LogP contribution in [-0.4, -0.2) is 14.5 Å². The minimum absolute atomic E-state index is 0.575. The summed E-state index contributed by atoms with van der Waals surface area (Å²) in [4.78, 5) is 8.47. The van der Waals surface area contributed by atoms with Crippen LogP contribution in [0.3, 0.4) is 0 Å². The van der Waals surface area contributed by atoms with E-state index < -0.39 is 0 Å². The van der Waals surface area contributed by atoms with Crippen LogP contribution in [0.15, 0.2) is 30.9 Å². The standard InChI is InChI=1S/C16H18N4/c17-13-6-9(3-4-19-13)12-7-18-8-20(12)16-14-10-1-2-11(5-10)15(14)16/h3-4,6-8,10-11,14-16H,1-2,5H2,(H2,17,19). The SMILES string of the molecule is Nc1cc(-c2cncn2C2C3C4CCC(C4)C32)ccn1. The maximum absolute atomic E-state index is 5.81. The number of pyridine rings is 1. The lowest BCUT2D eigenvalue weighted by Crippen LogP contribution is -2.05. The van der Waals surface area contributed by atoms with Gasteiger partial charge in [0.1, 0.15) is 5.82 Å². The molecule has 0 aromatic carbocycles. The third kappa shape index (κ3) is 1.31. The van der Waals surface area contributed by atoms with E-state index in [1.165, 1.54) is 25.0 Å². The molecule has 0 saturated heterocycles. The number of anilines is 1. The molecule has 4 heteroatoms. The van der Waals surface area contributed by atoms with Crippen LogP contribution in [0.2, 0.25) is 0 Å². The van der Waals surface area contributed by atoms with Crippen molar-refractivity contribution >= 4 is 5.82 Å². The van der Waals surface area contributed by atoms with E-state index in [0.29, 0.717) is 11.9 Å². The van der Waals surface area contributed by atoms with E-state index in [1.807, 2.05) is 24.7 Å². The first-order valence-electron chi connectivity index (χ1n) is 7.56. The van der Waals surface area contributed by atoms with Crippen molar-refractivity contribution in [1.29, 1.82) is 0 Å². The Morgan fingerprint density at radius 2 is 2.00 bits per heavy atom. The predicted octanol–water partition coefficient (Wildman–Crippen LogP) is 2.74. The lowest BCUT2D eigenvalue weighted by Gasteiger charge is -2.13. The number of hydrogen-bond acceptors (Lipinski definition) is 3. The van der Waals surface area contributed by atoms with E-state index in [4.69, 9.17) is 5.73 Å². The molecule has 2 aromatic heterocycles. The monoisotopic (exact) mass is 266 g/mol. The molecule has 2 N–H and O–H groups in total. The summed E-state index contributed by atoms with van der Waals surface area (Å²) in [5.74, 6) is 4.37. The zero-order chi connectivity index (χ0) is 13.3.